The average Bonchev–Trinajstić information content (AvgIpc) is 3.08. The molecule has 0 aliphatic heterocycles. The van der Waals surface area contributed by atoms with Crippen molar-refractivity contribution in [2.45, 2.75) is 31.5 Å². The molecule has 6 N–H and O–H groups in total. The fourth-order valence-electron chi connectivity index (χ4n) is 2.60. The highest BCUT2D eigenvalue weighted by molar-refractivity contribution is 5.94. The number of nitrogens with zero attached hydrogens (tertiary/aromatic N) is 4. The molecule has 2 rings (SSSR count). The molecule has 0 saturated carbocycles. The molecule has 0 aliphatic rings. The van der Waals surface area contributed by atoms with Crippen LogP contribution in [0.25, 0.3) is 11.2 Å². The van der Waals surface area contributed by atoms with E-state index in [1.165, 1.54) is 17.2 Å². The molecule has 15 heteroatoms. The van der Waals surface area contributed by atoms with E-state index in [1.807, 2.05) is 5.32 Å². The van der Waals surface area contributed by atoms with E-state index in [4.69, 9.17) is 15.3 Å². The summed E-state index contributed by atoms with van der Waals surface area (Å²) in [6.45, 7) is -0.377. The Morgan fingerprint density at radius 2 is 1.61 bits per heavy atom. The summed E-state index contributed by atoms with van der Waals surface area (Å²) in [7, 11) is 1.62. The number of fused-ring (bicyclic) bond motifs is 1. The number of aliphatic carboxylic acids is 3. The highest BCUT2D eigenvalue weighted by Gasteiger charge is 2.29. The molecule has 2 aromatic rings. The van der Waals surface area contributed by atoms with Crippen LogP contribution in [0.2, 0.25) is 0 Å². The first kappa shape index (κ1) is 23.0. The molecule has 0 saturated heterocycles. The molecule has 0 unspecified atom stereocenters. The molecule has 2 heterocycles. The molecule has 0 fully saturated rings. The van der Waals surface area contributed by atoms with Crippen LogP contribution in [0.3, 0.4) is 0 Å². The summed E-state index contributed by atoms with van der Waals surface area (Å²) in [6.07, 6.45) is 0.774. The van der Waals surface area contributed by atoms with E-state index in [0.29, 0.717) is 17.0 Å². The predicted octanol–water partition coefficient (Wildman–Crippen LogP) is -2.13. The average molecular weight is 437 g/mol. The minimum absolute atomic E-state index is 0.307. The van der Waals surface area contributed by atoms with Crippen LogP contribution in [0, 0.1) is 0 Å². The first-order valence-electron chi connectivity index (χ1n) is 8.72. The summed E-state index contributed by atoms with van der Waals surface area (Å²) in [4.78, 5) is 69.8. The van der Waals surface area contributed by atoms with Crippen molar-refractivity contribution in [2.24, 2.45) is 0 Å². The minimum atomic E-state index is -1.80. The summed E-state index contributed by atoms with van der Waals surface area (Å²) in [5.41, 5.74) is 0.691. The highest BCUT2D eigenvalue weighted by Crippen LogP contribution is 2.16. The summed E-state index contributed by atoms with van der Waals surface area (Å²) >= 11 is 0. The molecule has 0 radical (unpaired) electrons. The standard InChI is InChI=1S/C16H19N7O8/c1-17-13-12-14(19-5-18-13)23(6-20-12)4-9(24)21-7(2-10(25)26)15(29)22-8(16(30)31)3-11(27)28/h5-8H,2-4H2,1H3,(H,21,24)(H,22,29)(H,25,26)(H,27,28)(H,30,31)(H,17,18,19)/t7-,8-/m0/s1. The van der Waals surface area contributed by atoms with E-state index in [0.717, 1.165) is 0 Å². The molecule has 2 amide bonds. The van der Waals surface area contributed by atoms with E-state index < -0.39 is 54.6 Å². The minimum Gasteiger partial charge on any atom is -0.481 e. The van der Waals surface area contributed by atoms with Crippen LogP contribution >= 0.6 is 0 Å². The molecule has 0 aliphatic carbocycles. The normalized spacial score (nSPS) is 12.5. The van der Waals surface area contributed by atoms with Gasteiger partial charge in [0.15, 0.2) is 11.5 Å². The molecule has 31 heavy (non-hydrogen) atoms. The highest BCUT2D eigenvalue weighted by atomic mass is 16.4. The largest absolute Gasteiger partial charge is 0.481 e. The van der Waals surface area contributed by atoms with Crippen molar-refractivity contribution in [3.05, 3.63) is 12.7 Å². The zero-order chi connectivity index (χ0) is 23.1. The third-order valence-electron chi connectivity index (χ3n) is 3.98. The van der Waals surface area contributed by atoms with Crippen molar-refractivity contribution in [2.75, 3.05) is 12.4 Å². The predicted molar refractivity (Wildman–Crippen MR) is 101 cm³/mol. The third-order valence-corrected chi connectivity index (χ3v) is 3.98. The van der Waals surface area contributed by atoms with E-state index in [-0.39, 0.29) is 6.54 Å². The van der Waals surface area contributed by atoms with Gasteiger partial charge in [-0.05, 0) is 0 Å². The van der Waals surface area contributed by atoms with Gasteiger partial charge >= 0.3 is 17.9 Å². The van der Waals surface area contributed by atoms with Gasteiger partial charge in [0.25, 0.3) is 0 Å². The van der Waals surface area contributed by atoms with E-state index in [1.54, 1.807) is 7.05 Å². The fraction of sp³-hybridized carbons (Fsp3) is 0.375. The Hall–Kier alpha value is -4.30. The Kier molecular flexibility index (Phi) is 7.38. The van der Waals surface area contributed by atoms with Gasteiger partial charge in [-0.25, -0.2) is 19.7 Å². The quantitative estimate of drug-likeness (QED) is 0.222. The van der Waals surface area contributed by atoms with Crippen LogP contribution in [0.4, 0.5) is 5.82 Å². The lowest BCUT2D eigenvalue weighted by Gasteiger charge is -2.19. The van der Waals surface area contributed by atoms with Crippen molar-refractivity contribution in [1.29, 1.82) is 0 Å². The van der Waals surface area contributed by atoms with Crippen molar-refractivity contribution >= 4 is 46.7 Å². The molecule has 0 bridgehead atoms. The number of rotatable bonds is 11. The number of hydrogen-bond acceptors (Lipinski definition) is 9. The number of aromatic nitrogens is 4. The Morgan fingerprint density at radius 1 is 0.968 bits per heavy atom. The maximum Gasteiger partial charge on any atom is 0.326 e. The number of carbonyl (C=O) groups excluding carboxylic acids is 2. The number of carboxylic acids is 3. The van der Waals surface area contributed by atoms with Gasteiger partial charge in [0.2, 0.25) is 11.8 Å². The van der Waals surface area contributed by atoms with Crippen molar-refractivity contribution in [1.82, 2.24) is 30.2 Å². The number of nitrogens with one attached hydrogen (secondary N) is 3. The second-order valence-electron chi connectivity index (χ2n) is 6.23. The Bertz CT molecular complexity index is 1020. The van der Waals surface area contributed by atoms with Gasteiger partial charge in [-0.1, -0.05) is 0 Å². The number of carbonyl (C=O) groups is 5. The first-order valence-corrected chi connectivity index (χ1v) is 8.72. The summed E-state index contributed by atoms with van der Waals surface area (Å²) in [6, 6.07) is -3.44. The molecule has 0 aromatic carbocycles. The summed E-state index contributed by atoms with van der Waals surface area (Å²) < 4.78 is 1.34. The second kappa shape index (κ2) is 9.95. The smallest absolute Gasteiger partial charge is 0.326 e. The van der Waals surface area contributed by atoms with Crippen LogP contribution in [0.1, 0.15) is 12.8 Å². The van der Waals surface area contributed by atoms with E-state index in [2.05, 4.69) is 25.6 Å². The SMILES string of the molecule is CNc1ncnc2c1ncn2CC(=O)N[C@@H](CC(=O)O)C(=O)N[C@@H](CC(=O)O)C(=O)O. The maximum absolute atomic E-state index is 12.4. The Morgan fingerprint density at radius 3 is 2.19 bits per heavy atom. The van der Waals surface area contributed by atoms with Crippen molar-refractivity contribution in [3.8, 4) is 0 Å². The van der Waals surface area contributed by atoms with Gasteiger partial charge in [0.05, 0.1) is 19.2 Å². The van der Waals surface area contributed by atoms with Crippen LogP contribution in [-0.2, 0) is 30.5 Å². The second-order valence-corrected chi connectivity index (χ2v) is 6.23. The molecular weight excluding hydrogens is 418 g/mol. The van der Waals surface area contributed by atoms with Gasteiger partial charge in [-0.15, -0.1) is 0 Å². The number of hydrogen-bond donors (Lipinski definition) is 6. The van der Waals surface area contributed by atoms with E-state index in [9.17, 15) is 24.0 Å². The fourth-order valence-corrected chi connectivity index (χ4v) is 2.60. The molecular formula is C16H19N7O8. The molecule has 15 nitrogen and oxygen atoms in total. The van der Waals surface area contributed by atoms with Gasteiger partial charge < -0.3 is 35.8 Å². The topological polar surface area (TPSA) is 226 Å². The number of amides is 2. The Labute approximate surface area is 173 Å². The van der Waals surface area contributed by atoms with Crippen molar-refractivity contribution < 1.29 is 39.3 Å². The van der Waals surface area contributed by atoms with Crippen LogP contribution < -0.4 is 16.0 Å². The van der Waals surface area contributed by atoms with Gasteiger partial charge in [-0.2, -0.15) is 0 Å². The Balaban J connectivity index is 2.14. The van der Waals surface area contributed by atoms with Crippen LogP contribution in [0.15, 0.2) is 12.7 Å². The molecule has 166 valence electrons. The molecule has 0 spiro atoms. The molecule has 2 atom stereocenters. The summed E-state index contributed by atoms with van der Waals surface area (Å²) in [5.74, 6) is -6.06. The number of imidazole rings is 1. The summed E-state index contributed by atoms with van der Waals surface area (Å²) in [5, 5.41) is 33.7. The first-order chi connectivity index (χ1) is 14.6. The zero-order valence-electron chi connectivity index (χ0n) is 16.1. The van der Waals surface area contributed by atoms with Crippen LogP contribution in [-0.4, -0.2) is 83.7 Å². The molecule has 2 aromatic heterocycles. The zero-order valence-corrected chi connectivity index (χ0v) is 16.1. The monoisotopic (exact) mass is 437 g/mol. The third kappa shape index (κ3) is 6.09. The number of carboxylic acid groups (broad SMARTS) is 3. The lowest BCUT2D eigenvalue weighted by molar-refractivity contribution is -0.148. The van der Waals surface area contributed by atoms with Crippen molar-refractivity contribution in [3.63, 3.8) is 0 Å². The maximum atomic E-state index is 12.4. The van der Waals surface area contributed by atoms with Gasteiger partial charge in [0, 0.05) is 7.05 Å². The van der Waals surface area contributed by atoms with Gasteiger partial charge in [-0.3, -0.25) is 19.2 Å². The number of anilines is 1. The lowest BCUT2D eigenvalue weighted by Crippen LogP contribution is -2.53. The van der Waals surface area contributed by atoms with Gasteiger partial charge in [0.1, 0.15) is 30.5 Å². The van der Waals surface area contributed by atoms with E-state index >= 15 is 0 Å². The lowest BCUT2D eigenvalue weighted by atomic mass is 10.1. The van der Waals surface area contributed by atoms with Crippen LogP contribution in [0.5, 0.6) is 0 Å².